The van der Waals surface area contributed by atoms with E-state index in [9.17, 15) is 4.39 Å². The molecule has 17 heavy (non-hydrogen) atoms. The van der Waals surface area contributed by atoms with Crippen molar-refractivity contribution in [1.82, 2.24) is 0 Å². The highest BCUT2D eigenvalue weighted by atomic mass is 19.1. The van der Waals surface area contributed by atoms with Crippen LogP contribution in [0, 0.1) is 11.7 Å². The first-order valence-corrected chi connectivity index (χ1v) is 6.73. The SMILES string of the molecule is Fc1ccccc1OCCCCCCC1CC1. The van der Waals surface area contributed by atoms with E-state index >= 15 is 0 Å². The third-order valence-electron chi connectivity index (χ3n) is 3.30. The Labute approximate surface area is 103 Å². The summed E-state index contributed by atoms with van der Waals surface area (Å²) in [5.41, 5.74) is 0. The Balaban J connectivity index is 1.49. The zero-order chi connectivity index (χ0) is 11.9. The second-order valence-corrected chi connectivity index (χ2v) is 4.93. The third-order valence-corrected chi connectivity index (χ3v) is 3.30. The van der Waals surface area contributed by atoms with Crippen LogP contribution >= 0.6 is 0 Å². The van der Waals surface area contributed by atoms with Gasteiger partial charge in [0.25, 0.3) is 0 Å². The topological polar surface area (TPSA) is 9.23 Å². The van der Waals surface area contributed by atoms with Gasteiger partial charge in [-0.15, -0.1) is 0 Å². The first-order chi connectivity index (χ1) is 8.36. The molecule has 1 aromatic carbocycles. The van der Waals surface area contributed by atoms with Crippen molar-refractivity contribution in [1.29, 1.82) is 0 Å². The zero-order valence-electron chi connectivity index (χ0n) is 10.3. The summed E-state index contributed by atoms with van der Waals surface area (Å²) in [5.74, 6) is 1.16. The highest BCUT2D eigenvalue weighted by Gasteiger charge is 2.19. The molecule has 0 unspecified atom stereocenters. The third kappa shape index (κ3) is 4.76. The highest BCUT2D eigenvalue weighted by molar-refractivity contribution is 5.23. The molecule has 0 aliphatic heterocycles. The van der Waals surface area contributed by atoms with Crippen molar-refractivity contribution in [3.63, 3.8) is 0 Å². The molecule has 0 atom stereocenters. The first kappa shape index (κ1) is 12.4. The monoisotopic (exact) mass is 236 g/mol. The normalized spacial score (nSPS) is 14.9. The second kappa shape index (κ2) is 6.63. The van der Waals surface area contributed by atoms with Gasteiger partial charge in [-0.25, -0.2) is 4.39 Å². The molecule has 0 amide bonds. The summed E-state index contributed by atoms with van der Waals surface area (Å²) >= 11 is 0. The molecule has 1 aliphatic rings. The molecule has 0 radical (unpaired) electrons. The minimum Gasteiger partial charge on any atom is -0.491 e. The molecule has 1 aromatic rings. The van der Waals surface area contributed by atoms with Gasteiger partial charge in [0.1, 0.15) is 0 Å². The summed E-state index contributed by atoms with van der Waals surface area (Å²) in [6.07, 6.45) is 9.18. The molecule has 2 heteroatoms. The van der Waals surface area contributed by atoms with E-state index in [1.54, 1.807) is 18.2 Å². The molecule has 1 saturated carbocycles. The summed E-state index contributed by atoms with van der Waals surface area (Å²) in [5, 5.41) is 0. The van der Waals surface area contributed by atoms with Gasteiger partial charge in [-0.1, -0.05) is 50.7 Å². The standard InChI is InChI=1S/C15H21FO/c16-14-8-4-5-9-15(14)17-12-6-2-1-3-7-13-10-11-13/h4-5,8-9,13H,1-3,6-7,10-12H2. The van der Waals surface area contributed by atoms with E-state index in [0.29, 0.717) is 12.4 Å². The van der Waals surface area contributed by atoms with Gasteiger partial charge < -0.3 is 4.74 Å². The Morgan fingerprint density at radius 2 is 1.82 bits per heavy atom. The second-order valence-electron chi connectivity index (χ2n) is 4.93. The van der Waals surface area contributed by atoms with Crippen molar-refractivity contribution in [3.05, 3.63) is 30.1 Å². The van der Waals surface area contributed by atoms with Crippen LogP contribution in [0.5, 0.6) is 5.75 Å². The number of para-hydroxylation sites is 1. The van der Waals surface area contributed by atoms with Crippen LogP contribution in [0.25, 0.3) is 0 Å². The van der Waals surface area contributed by atoms with Gasteiger partial charge in [0, 0.05) is 0 Å². The van der Waals surface area contributed by atoms with Crippen molar-refractivity contribution >= 4 is 0 Å². The van der Waals surface area contributed by atoms with Crippen LogP contribution in [-0.2, 0) is 0 Å². The number of hydrogen-bond acceptors (Lipinski definition) is 1. The fourth-order valence-corrected chi connectivity index (χ4v) is 2.04. The minimum atomic E-state index is -0.263. The van der Waals surface area contributed by atoms with Crippen molar-refractivity contribution in [3.8, 4) is 5.75 Å². The molecule has 1 aliphatic carbocycles. The molecule has 0 bridgehead atoms. The number of unbranched alkanes of at least 4 members (excludes halogenated alkanes) is 3. The van der Waals surface area contributed by atoms with Crippen LogP contribution in [0.15, 0.2) is 24.3 Å². The number of rotatable bonds is 8. The van der Waals surface area contributed by atoms with Crippen LogP contribution in [0.4, 0.5) is 4.39 Å². The fourth-order valence-electron chi connectivity index (χ4n) is 2.04. The van der Waals surface area contributed by atoms with Crippen LogP contribution in [-0.4, -0.2) is 6.61 Å². The maximum atomic E-state index is 13.2. The van der Waals surface area contributed by atoms with E-state index in [-0.39, 0.29) is 5.82 Å². The van der Waals surface area contributed by atoms with Gasteiger partial charge >= 0.3 is 0 Å². The van der Waals surface area contributed by atoms with Gasteiger partial charge in [-0.05, 0) is 24.5 Å². The summed E-state index contributed by atoms with van der Waals surface area (Å²) in [6, 6.07) is 6.60. The molecule has 0 saturated heterocycles. The van der Waals surface area contributed by atoms with Crippen molar-refractivity contribution in [2.75, 3.05) is 6.61 Å². The van der Waals surface area contributed by atoms with Crippen LogP contribution in [0.3, 0.4) is 0 Å². The lowest BCUT2D eigenvalue weighted by molar-refractivity contribution is 0.290. The number of hydrogen-bond donors (Lipinski definition) is 0. The molecular weight excluding hydrogens is 215 g/mol. The molecule has 0 heterocycles. The smallest absolute Gasteiger partial charge is 0.165 e. The molecule has 1 fully saturated rings. The molecule has 1 nitrogen and oxygen atoms in total. The Hall–Kier alpha value is -1.05. The predicted molar refractivity (Wildman–Crippen MR) is 67.7 cm³/mol. The molecule has 0 aromatic heterocycles. The van der Waals surface area contributed by atoms with Gasteiger partial charge in [0.2, 0.25) is 0 Å². The number of benzene rings is 1. The summed E-state index contributed by atoms with van der Waals surface area (Å²) in [4.78, 5) is 0. The largest absolute Gasteiger partial charge is 0.491 e. The fraction of sp³-hybridized carbons (Fsp3) is 0.600. The summed E-state index contributed by atoms with van der Waals surface area (Å²) < 4.78 is 18.6. The van der Waals surface area contributed by atoms with Gasteiger partial charge in [0.15, 0.2) is 11.6 Å². The van der Waals surface area contributed by atoms with Gasteiger partial charge in [0.05, 0.1) is 6.61 Å². The van der Waals surface area contributed by atoms with Crippen molar-refractivity contribution in [2.45, 2.75) is 44.9 Å². The number of ether oxygens (including phenoxy) is 1. The van der Waals surface area contributed by atoms with Crippen LogP contribution in [0.1, 0.15) is 44.9 Å². The van der Waals surface area contributed by atoms with E-state index in [1.165, 1.54) is 44.6 Å². The lowest BCUT2D eigenvalue weighted by atomic mass is 10.1. The predicted octanol–water partition coefficient (Wildman–Crippen LogP) is 4.57. The molecule has 0 spiro atoms. The van der Waals surface area contributed by atoms with Crippen molar-refractivity contribution < 1.29 is 9.13 Å². The highest BCUT2D eigenvalue weighted by Crippen LogP contribution is 2.34. The average Bonchev–Trinajstić information content (AvgIpc) is 3.14. The average molecular weight is 236 g/mol. The lowest BCUT2D eigenvalue weighted by Crippen LogP contribution is -1.99. The Kier molecular flexibility index (Phi) is 4.84. The maximum absolute atomic E-state index is 13.2. The summed E-state index contributed by atoms with van der Waals surface area (Å²) in [7, 11) is 0. The molecule has 2 rings (SSSR count). The quantitative estimate of drug-likeness (QED) is 0.601. The maximum Gasteiger partial charge on any atom is 0.165 e. The van der Waals surface area contributed by atoms with Crippen LogP contribution in [0.2, 0.25) is 0 Å². The van der Waals surface area contributed by atoms with Gasteiger partial charge in [-0.2, -0.15) is 0 Å². The minimum absolute atomic E-state index is 0.263. The van der Waals surface area contributed by atoms with E-state index in [4.69, 9.17) is 4.74 Å². The Morgan fingerprint density at radius 3 is 2.59 bits per heavy atom. The molecule has 0 N–H and O–H groups in total. The first-order valence-electron chi connectivity index (χ1n) is 6.73. The van der Waals surface area contributed by atoms with E-state index < -0.39 is 0 Å². The summed E-state index contributed by atoms with van der Waals surface area (Å²) in [6.45, 7) is 0.629. The van der Waals surface area contributed by atoms with E-state index in [1.807, 2.05) is 0 Å². The zero-order valence-corrected chi connectivity index (χ0v) is 10.3. The Morgan fingerprint density at radius 1 is 1.06 bits per heavy atom. The van der Waals surface area contributed by atoms with Gasteiger partial charge in [-0.3, -0.25) is 0 Å². The van der Waals surface area contributed by atoms with E-state index in [2.05, 4.69) is 0 Å². The van der Waals surface area contributed by atoms with Crippen LogP contribution < -0.4 is 4.74 Å². The molecule has 94 valence electrons. The van der Waals surface area contributed by atoms with Crippen molar-refractivity contribution in [2.24, 2.45) is 5.92 Å². The lowest BCUT2D eigenvalue weighted by Gasteiger charge is -2.06. The molecular formula is C15H21FO. The van der Waals surface area contributed by atoms with E-state index in [0.717, 1.165) is 12.3 Å². The number of halogens is 1. The Bertz CT molecular complexity index is 333.